The lowest BCUT2D eigenvalue weighted by atomic mass is 9.95. The molecule has 200 valence electrons. The van der Waals surface area contributed by atoms with Crippen LogP contribution in [0.15, 0.2) is 47.3 Å². The predicted octanol–water partition coefficient (Wildman–Crippen LogP) is 4.88. The lowest BCUT2D eigenvalue weighted by Gasteiger charge is -2.22. The average molecular weight is 539 g/mol. The number of para-hydroxylation sites is 1. The molecule has 0 aromatic heterocycles. The van der Waals surface area contributed by atoms with Crippen LogP contribution in [0.3, 0.4) is 0 Å². The molecule has 1 amide bonds. The standard InChI is InChI=1S/C29H31ClN2O6/c1-32(2)21-10-8-7-9-17(21)29(34)31-20-13-11-18-24(16-12-14-23(35-3)22(33)15-19(16)20)26(36-4)28(38-6)27(37-5)25(18)30/h7-10,12,14-15,20H,11,13H2,1-6H3,(H,31,34)/t20-/m0/s1. The Morgan fingerprint density at radius 1 is 0.947 bits per heavy atom. The number of rotatable bonds is 7. The Kier molecular flexibility index (Phi) is 8.02. The van der Waals surface area contributed by atoms with E-state index in [9.17, 15) is 9.59 Å². The van der Waals surface area contributed by atoms with Gasteiger partial charge in [-0.15, -0.1) is 0 Å². The minimum Gasteiger partial charge on any atom is -0.493 e. The Hall–Kier alpha value is -3.91. The molecule has 3 aromatic rings. The molecule has 0 radical (unpaired) electrons. The third-order valence-electron chi connectivity index (χ3n) is 6.74. The van der Waals surface area contributed by atoms with E-state index in [0.717, 1.165) is 11.3 Å². The number of amides is 1. The molecular formula is C29H31ClN2O6. The van der Waals surface area contributed by atoms with Gasteiger partial charge in [0, 0.05) is 25.3 Å². The summed E-state index contributed by atoms with van der Waals surface area (Å²) in [6.45, 7) is 0. The summed E-state index contributed by atoms with van der Waals surface area (Å²) in [6.07, 6.45) is 0.953. The van der Waals surface area contributed by atoms with Crippen molar-refractivity contribution in [3.8, 4) is 34.1 Å². The van der Waals surface area contributed by atoms with Crippen LogP contribution < -0.4 is 34.6 Å². The number of nitrogens with zero attached hydrogens (tertiary/aromatic N) is 1. The quantitative estimate of drug-likeness (QED) is 0.458. The van der Waals surface area contributed by atoms with Crippen molar-refractivity contribution in [2.75, 3.05) is 47.4 Å². The highest BCUT2D eigenvalue weighted by atomic mass is 35.5. The summed E-state index contributed by atoms with van der Waals surface area (Å²) in [5.41, 5.74) is 3.73. The van der Waals surface area contributed by atoms with Crippen LogP contribution in [0, 0.1) is 0 Å². The molecule has 0 saturated heterocycles. The number of carbonyl (C=O) groups is 1. The van der Waals surface area contributed by atoms with Crippen molar-refractivity contribution >= 4 is 23.2 Å². The van der Waals surface area contributed by atoms with E-state index in [1.54, 1.807) is 18.2 Å². The SMILES string of the molecule is COc1c(Cl)c2c(c(OC)c1OC)-c1ccc(OC)c(=O)cc1[C@@H](NC(=O)c1ccccc1N(C)C)CC2. The Bertz CT molecular complexity index is 1440. The Morgan fingerprint density at radius 3 is 2.26 bits per heavy atom. The van der Waals surface area contributed by atoms with Crippen LogP contribution in [0.2, 0.25) is 5.02 Å². The second kappa shape index (κ2) is 11.2. The van der Waals surface area contributed by atoms with Gasteiger partial charge in [0.25, 0.3) is 5.91 Å². The van der Waals surface area contributed by atoms with Crippen LogP contribution in [-0.2, 0) is 6.42 Å². The summed E-state index contributed by atoms with van der Waals surface area (Å²) in [4.78, 5) is 28.6. The molecule has 1 aliphatic carbocycles. The first-order valence-corrected chi connectivity index (χ1v) is 12.4. The van der Waals surface area contributed by atoms with Gasteiger partial charge in [0.05, 0.1) is 45.1 Å². The maximum absolute atomic E-state index is 13.6. The van der Waals surface area contributed by atoms with Crippen molar-refractivity contribution in [2.24, 2.45) is 0 Å². The number of carbonyl (C=O) groups excluding carboxylic acids is 1. The molecule has 0 bridgehead atoms. The van der Waals surface area contributed by atoms with Gasteiger partial charge in [0.2, 0.25) is 11.2 Å². The minimum absolute atomic E-state index is 0.174. The zero-order valence-corrected chi connectivity index (χ0v) is 23.1. The Labute approximate surface area is 227 Å². The van der Waals surface area contributed by atoms with Gasteiger partial charge in [0.1, 0.15) is 0 Å². The fraction of sp³-hybridized carbons (Fsp3) is 0.310. The van der Waals surface area contributed by atoms with E-state index >= 15 is 0 Å². The molecule has 1 N–H and O–H groups in total. The average Bonchev–Trinajstić information content (AvgIpc) is 3.17. The van der Waals surface area contributed by atoms with Crippen LogP contribution in [0.4, 0.5) is 5.69 Å². The van der Waals surface area contributed by atoms with Crippen molar-refractivity contribution < 1.29 is 23.7 Å². The summed E-state index contributed by atoms with van der Waals surface area (Å²) in [6, 6.07) is 11.8. The Balaban J connectivity index is 1.97. The molecule has 38 heavy (non-hydrogen) atoms. The third-order valence-corrected chi connectivity index (χ3v) is 7.14. The van der Waals surface area contributed by atoms with Gasteiger partial charge in [-0.05, 0) is 53.8 Å². The number of anilines is 1. The first-order valence-electron chi connectivity index (χ1n) is 12.1. The van der Waals surface area contributed by atoms with E-state index in [0.29, 0.717) is 57.4 Å². The van der Waals surface area contributed by atoms with Gasteiger partial charge in [0.15, 0.2) is 17.2 Å². The molecule has 9 heteroatoms. The van der Waals surface area contributed by atoms with Gasteiger partial charge in [-0.1, -0.05) is 29.8 Å². The second-order valence-corrected chi connectivity index (χ2v) is 9.40. The van der Waals surface area contributed by atoms with Gasteiger partial charge in [-0.25, -0.2) is 0 Å². The molecule has 1 atom stereocenters. The first-order chi connectivity index (χ1) is 18.3. The maximum Gasteiger partial charge on any atom is 0.253 e. The van der Waals surface area contributed by atoms with Crippen molar-refractivity contribution in [3.63, 3.8) is 0 Å². The predicted molar refractivity (Wildman–Crippen MR) is 149 cm³/mol. The first kappa shape index (κ1) is 27.1. The van der Waals surface area contributed by atoms with Crippen molar-refractivity contribution in [3.05, 3.63) is 74.4 Å². The van der Waals surface area contributed by atoms with Gasteiger partial charge < -0.3 is 29.2 Å². The van der Waals surface area contributed by atoms with Crippen LogP contribution >= 0.6 is 11.6 Å². The van der Waals surface area contributed by atoms with Crippen LogP contribution in [0.5, 0.6) is 23.0 Å². The fourth-order valence-electron chi connectivity index (χ4n) is 4.98. The fourth-order valence-corrected chi connectivity index (χ4v) is 5.33. The van der Waals surface area contributed by atoms with Crippen molar-refractivity contribution in [1.82, 2.24) is 5.32 Å². The number of hydrogen-bond acceptors (Lipinski definition) is 7. The van der Waals surface area contributed by atoms with Crippen molar-refractivity contribution in [2.45, 2.75) is 18.9 Å². The van der Waals surface area contributed by atoms with E-state index < -0.39 is 6.04 Å². The number of nitrogens with one attached hydrogen (secondary N) is 1. The van der Waals surface area contributed by atoms with Gasteiger partial charge >= 0.3 is 0 Å². The molecule has 1 aliphatic rings. The van der Waals surface area contributed by atoms with Crippen LogP contribution in [-0.4, -0.2) is 48.4 Å². The van der Waals surface area contributed by atoms with Crippen LogP contribution in [0.25, 0.3) is 11.1 Å². The maximum atomic E-state index is 13.6. The topological polar surface area (TPSA) is 86.3 Å². The zero-order valence-electron chi connectivity index (χ0n) is 22.3. The Morgan fingerprint density at radius 2 is 1.63 bits per heavy atom. The molecule has 0 aliphatic heterocycles. The van der Waals surface area contributed by atoms with E-state index in [1.165, 1.54) is 34.5 Å². The third kappa shape index (κ3) is 4.72. The molecule has 0 unspecified atom stereocenters. The lowest BCUT2D eigenvalue weighted by Crippen LogP contribution is -2.30. The molecule has 0 saturated carbocycles. The number of fused-ring (bicyclic) bond motifs is 3. The summed E-state index contributed by atoms with van der Waals surface area (Å²) < 4.78 is 22.4. The van der Waals surface area contributed by atoms with E-state index in [-0.39, 0.29) is 17.1 Å². The number of ether oxygens (including phenoxy) is 4. The molecular weight excluding hydrogens is 508 g/mol. The monoisotopic (exact) mass is 538 g/mol. The highest BCUT2D eigenvalue weighted by molar-refractivity contribution is 6.34. The highest BCUT2D eigenvalue weighted by Crippen LogP contribution is 2.54. The van der Waals surface area contributed by atoms with Crippen molar-refractivity contribution in [1.29, 1.82) is 0 Å². The zero-order chi connectivity index (χ0) is 27.6. The summed E-state index contributed by atoms with van der Waals surface area (Å²) >= 11 is 6.87. The smallest absolute Gasteiger partial charge is 0.253 e. The molecule has 8 nitrogen and oxygen atoms in total. The second-order valence-electron chi connectivity index (χ2n) is 9.02. The molecule has 0 heterocycles. The number of halogens is 1. The molecule has 0 fully saturated rings. The summed E-state index contributed by atoms with van der Waals surface area (Å²) in [5.74, 6) is 1.04. The minimum atomic E-state index is -0.511. The molecule has 0 spiro atoms. The molecule has 3 aromatic carbocycles. The summed E-state index contributed by atoms with van der Waals surface area (Å²) in [7, 11) is 9.77. The van der Waals surface area contributed by atoms with E-state index in [1.807, 2.05) is 37.2 Å². The normalized spacial score (nSPS) is 13.9. The number of hydrogen-bond donors (Lipinski definition) is 1. The largest absolute Gasteiger partial charge is 0.493 e. The van der Waals surface area contributed by atoms with Gasteiger partial charge in [-0.2, -0.15) is 0 Å². The van der Waals surface area contributed by atoms with Gasteiger partial charge in [-0.3, -0.25) is 9.59 Å². The number of benzene rings is 2. The van der Waals surface area contributed by atoms with E-state index in [2.05, 4.69) is 5.32 Å². The number of methoxy groups -OCH3 is 4. The van der Waals surface area contributed by atoms with E-state index in [4.69, 9.17) is 30.5 Å². The van der Waals surface area contributed by atoms with Crippen LogP contribution in [0.1, 0.15) is 33.9 Å². The highest BCUT2D eigenvalue weighted by Gasteiger charge is 2.33. The lowest BCUT2D eigenvalue weighted by molar-refractivity contribution is 0.0935. The molecule has 4 rings (SSSR count). The summed E-state index contributed by atoms with van der Waals surface area (Å²) in [5, 5.41) is 3.55.